The average molecular weight is 448 g/mol. The van der Waals surface area contributed by atoms with E-state index in [0.29, 0.717) is 30.0 Å². The summed E-state index contributed by atoms with van der Waals surface area (Å²) in [6.45, 7) is 0.399. The van der Waals surface area contributed by atoms with Gasteiger partial charge in [0.2, 0.25) is 15.9 Å². The molecule has 0 spiro atoms. The van der Waals surface area contributed by atoms with Crippen LogP contribution >= 0.6 is 11.3 Å². The number of amides is 2. The van der Waals surface area contributed by atoms with Crippen molar-refractivity contribution in [2.75, 3.05) is 11.9 Å². The predicted molar refractivity (Wildman–Crippen MR) is 114 cm³/mol. The minimum atomic E-state index is -3.75. The first-order valence-corrected chi connectivity index (χ1v) is 11.6. The van der Waals surface area contributed by atoms with Gasteiger partial charge >= 0.3 is 0 Å². The zero-order valence-electron chi connectivity index (χ0n) is 16.0. The van der Waals surface area contributed by atoms with E-state index >= 15 is 0 Å². The number of sulfonamides is 1. The third kappa shape index (κ3) is 6.28. The highest BCUT2D eigenvalue weighted by molar-refractivity contribution is 7.89. The molecule has 0 atom stereocenters. The Morgan fingerprint density at radius 2 is 1.97 bits per heavy atom. The first kappa shape index (κ1) is 21.8. The first-order chi connectivity index (χ1) is 14.4. The van der Waals surface area contributed by atoms with Crippen molar-refractivity contribution in [2.45, 2.75) is 24.3 Å². The monoisotopic (exact) mass is 447 g/mol. The Morgan fingerprint density at radius 1 is 1.10 bits per heavy atom. The molecule has 3 N–H and O–H groups in total. The molecule has 0 saturated heterocycles. The summed E-state index contributed by atoms with van der Waals surface area (Å²) in [5.74, 6) is 0.0589. The number of carbonyl (C=O) groups is 2. The fourth-order valence-electron chi connectivity index (χ4n) is 2.57. The molecule has 0 radical (unpaired) electrons. The standard InChI is InChI=1S/C20H21N3O5S2/c24-19(7-2-9-21-20(25)15-8-11-29-14-15)23-16-4-1-6-18(12-16)30(26,27)22-13-17-5-3-10-28-17/h1,3-6,8,10-12,14,22H,2,7,9,13H2,(H,21,25)(H,23,24). The van der Waals surface area contributed by atoms with Crippen molar-refractivity contribution in [3.63, 3.8) is 0 Å². The lowest BCUT2D eigenvalue weighted by Gasteiger charge is -2.09. The van der Waals surface area contributed by atoms with Crippen molar-refractivity contribution in [3.05, 3.63) is 70.8 Å². The van der Waals surface area contributed by atoms with Crippen molar-refractivity contribution in [3.8, 4) is 0 Å². The number of hydrogen-bond acceptors (Lipinski definition) is 6. The summed E-state index contributed by atoms with van der Waals surface area (Å²) in [7, 11) is -3.75. The molecule has 0 aliphatic rings. The second-order valence-corrected chi connectivity index (χ2v) is 8.90. The van der Waals surface area contributed by atoms with Crippen LogP contribution in [0.5, 0.6) is 0 Å². The molecule has 2 amide bonds. The zero-order chi connectivity index (χ0) is 21.4. The molecule has 1 aromatic carbocycles. The molecule has 158 valence electrons. The quantitative estimate of drug-likeness (QED) is 0.413. The summed E-state index contributed by atoms with van der Waals surface area (Å²) in [6.07, 6.45) is 2.12. The molecular weight excluding hydrogens is 426 g/mol. The summed E-state index contributed by atoms with van der Waals surface area (Å²) < 4.78 is 32.4. The van der Waals surface area contributed by atoms with Crippen LogP contribution in [-0.4, -0.2) is 26.8 Å². The van der Waals surface area contributed by atoms with Gasteiger partial charge in [0.05, 0.1) is 17.7 Å². The highest BCUT2D eigenvalue weighted by atomic mass is 32.2. The SMILES string of the molecule is O=C(CCCNC(=O)c1ccsc1)Nc1cccc(S(=O)(=O)NCc2ccco2)c1. The molecule has 10 heteroatoms. The van der Waals surface area contributed by atoms with Crippen LogP contribution in [0, 0.1) is 0 Å². The molecule has 3 rings (SSSR count). The van der Waals surface area contributed by atoms with E-state index in [4.69, 9.17) is 4.42 Å². The second-order valence-electron chi connectivity index (χ2n) is 6.35. The Bertz CT molecular complexity index is 1080. The van der Waals surface area contributed by atoms with Crippen LogP contribution in [0.3, 0.4) is 0 Å². The molecule has 0 bridgehead atoms. The summed E-state index contributed by atoms with van der Waals surface area (Å²) >= 11 is 1.44. The third-order valence-corrected chi connectivity index (χ3v) is 6.18. The Kier molecular flexibility index (Phi) is 7.39. The van der Waals surface area contributed by atoms with Crippen molar-refractivity contribution < 1.29 is 22.4 Å². The molecule has 0 aliphatic carbocycles. The fourth-order valence-corrected chi connectivity index (χ4v) is 4.25. The topological polar surface area (TPSA) is 118 Å². The molecule has 8 nitrogen and oxygen atoms in total. The predicted octanol–water partition coefficient (Wildman–Crippen LogP) is 2.97. The lowest BCUT2D eigenvalue weighted by molar-refractivity contribution is -0.116. The van der Waals surface area contributed by atoms with Crippen LogP contribution < -0.4 is 15.4 Å². The maximum atomic E-state index is 12.4. The summed E-state index contributed by atoms with van der Waals surface area (Å²) in [5.41, 5.74) is 0.978. The molecule has 0 unspecified atom stereocenters. The summed E-state index contributed by atoms with van der Waals surface area (Å²) in [4.78, 5) is 24.0. The van der Waals surface area contributed by atoms with E-state index in [1.165, 1.54) is 29.7 Å². The van der Waals surface area contributed by atoms with Crippen molar-refractivity contribution in [1.82, 2.24) is 10.0 Å². The van der Waals surface area contributed by atoms with Crippen LogP contribution in [0.2, 0.25) is 0 Å². The number of rotatable bonds is 10. The fraction of sp³-hybridized carbons (Fsp3) is 0.200. The molecule has 3 aromatic rings. The van der Waals surface area contributed by atoms with Crippen LogP contribution in [-0.2, 0) is 21.4 Å². The van der Waals surface area contributed by atoms with E-state index in [1.807, 2.05) is 5.38 Å². The van der Waals surface area contributed by atoms with E-state index in [0.717, 1.165) is 0 Å². The van der Waals surface area contributed by atoms with Crippen molar-refractivity contribution in [2.24, 2.45) is 0 Å². The molecule has 0 fully saturated rings. The molecule has 0 aliphatic heterocycles. The van der Waals surface area contributed by atoms with Gasteiger partial charge in [-0.2, -0.15) is 11.3 Å². The van der Waals surface area contributed by atoms with Crippen LogP contribution in [0.25, 0.3) is 0 Å². The van der Waals surface area contributed by atoms with Gasteiger partial charge in [-0.05, 0) is 48.2 Å². The van der Waals surface area contributed by atoms with Crippen molar-refractivity contribution >= 4 is 38.9 Å². The number of carbonyl (C=O) groups excluding carboxylic acids is 2. The molecule has 2 heterocycles. The molecule has 0 saturated carbocycles. The highest BCUT2D eigenvalue weighted by Crippen LogP contribution is 2.16. The number of anilines is 1. The highest BCUT2D eigenvalue weighted by Gasteiger charge is 2.15. The Morgan fingerprint density at radius 3 is 2.70 bits per heavy atom. The molecular formula is C20H21N3O5S2. The Labute approximate surface area is 178 Å². The van der Waals surface area contributed by atoms with Gasteiger partial charge in [0.15, 0.2) is 0 Å². The first-order valence-electron chi connectivity index (χ1n) is 9.16. The van der Waals surface area contributed by atoms with Crippen LogP contribution in [0.4, 0.5) is 5.69 Å². The number of furan rings is 1. The van der Waals surface area contributed by atoms with Gasteiger partial charge in [-0.15, -0.1) is 0 Å². The minimum Gasteiger partial charge on any atom is -0.468 e. The van der Waals surface area contributed by atoms with Gasteiger partial charge in [0, 0.05) is 29.6 Å². The molecule has 2 aromatic heterocycles. The summed E-state index contributed by atoms with van der Waals surface area (Å²) in [6, 6.07) is 11.1. The molecule has 30 heavy (non-hydrogen) atoms. The minimum absolute atomic E-state index is 0.0308. The van der Waals surface area contributed by atoms with Gasteiger partial charge in [0.25, 0.3) is 5.91 Å². The van der Waals surface area contributed by atoms with Gasteiger partial charge in [-0.3, -0.25) is 9.59 Å². The number of nitrogens with one attached hydrogen (secondary N) is 3. The number of hydrogen-bond donors (Lipinski definition) is 3. The van der Waals surface area contributed by atoms with E-state index < -0.39 is 10.0 Å². The van der Waals surface area contributed by atoms with Crippen molar-refractivity contribution in [1.29, 1.82) is 0 Å². The Balaban J connectivity index is 1.46. The van der Waals surface area contributed by atoms with E-state index in [1.54, 1.807) is 35.7 Å². The maximum Gasteiger partial charge on any atom is 0.252 e. The smallest absolute Gasteiger partial charge is 0.252 e. The average Bonchev–Trinajstić information content (AvgIpc) is 3.44. The van der Waals surface area contributed by atoms with E-state index in [2.05, 4.69) is 15.4 Å². The van der Waals surface area contributed by atoms with Gasteiger partial charge in [0.1, 0.15) is 5.76 Å². The lowest BCUT2D eigenvalue weighted by atomic mass is 10.2. The summed E-state index contributed by atoms with van der Waals surface area (Å²) in [5, 5.41) is 9.01. The number of thiophene rings is 1. The largest absolute Gasteiger partial charge is 0.468 e. The van der Waals surface area contributed by atoms with Crippen LogP contribution in [0.15, 0.2) is 68.8 Å². The lowest BCUT2D eigenvalue weighted by Crippen LogP contribution is -2.25. The van der Waals surface area contributed by atoms with Gasteiger partial charge in [-0.1, -0.05) is 6.07 Å². The van der Waals surface area contributed by atoms with Crippen LogP contribution in [0.1, 0.15) is 29.0 Å². The van der Waals surface area contributed by atoms with Gasteiger partial charge in [-0.25, -0.2) is 13.1 Å². The van der Waals surface area contributed by atoms with Gasteiger partial charge < -0.3 is 15.1 Å². The Hall–Kier alpha value is -2.95. The van der Waals surface area contributed by atoms with E-state index in [9.17, 15) is 18.0 Å². The normalized spacial score (nSPS) is 11.2. The van der Waals surface area contributed by atoms with E-state index in [-0.39, 0.29) is 29.7 Å². The zero-order valence-corrected chi connectivity index (χ0v) is 17.6. The number of benzene rings is 1. The second kappa shape index (κ2) is 10.2. The maximum absolute atomic E-state index is 12.4. The third-order valence-electron chi connectivity index (χ3n) is 4.09.